The lowest BCUT2D eigenvalue weighted by Crippen LogP contribution is -2.27. The van der Waals surface area contributed by atoms with E-state index >= 15 is 0 Å². The van der Waals surface area contributed by atoms with Crippen LogP contribution in [0.5, 0.6) is 11.5 Å². The minimum Gasteiger partial charge on any atom is -0.504 e. The molecule has 0 saturated carbocycles. The molecule has 110 valence electrons. The van der Waals surface area contributed by atoms with Crippen molar-refractivity contribution in [3.8, 4) is 11.5 Å². The summed E-state index contributed by atoms with van der Waals surface area (Å²) in [5.41, 5.74) is 11.7. The van der Waals surface area contributed by atoms with Gasteiger partial charge in [0.1, 0.15) is 0 Å². The van der Waals surface area contributed by atoms with Crippen molar-refractivity contribution in [2.45, 2.75) is 19.1 Å². The van der Waals surface area contributed by atoms with Crippen molar-refractivity contribution in [1.29, 1.82) is 0 Å². The van der Waals surface area contributed by atoms with E-state index in [0.29, 0.717) is 30.7 Å². The maximum Gasteiger partial charge on any atom is 0.332 e. The number of benzene rings is 1. The number of aromatic hydroxyl groups is 1. The van der Waals surface area contributed by atoms with Gasteiger partial charge in [-0.1, -0.05) is 6.07 Å². The van der Waals surface area contributed by atoms with Crippen LogP contribution in [0.4, 0.5) is 0 Å². The number of nitrogens with two attached hydrogens (primary N) is 2. The number of methoxy groups -OCH3 is 1. The van der Waals surface area contributed by atoms with Gasteiger partial charge in [0.2, 0.25) is 0 Å². The van der Waals surface area contributed by atoms with Gasteiger partial charge in [0, 0.05) is 6.08 Å². The van der Waals surface area contributed by atoms with Crippen LogP contribution in [0.2, 0.25) is 0 Å². The Morgan fingerprint density at radius 2 is 2.25 bits per heavy atom. The van der Waals surface area contributed by atoms with E-state index in [1.807, 2.05) is 0 Å². The molecule has 6 heteroatoms. The molecule has 0 spiro atoms. The molecule has 1 unspecified atom stereocenters. The highest BCUT2D eigenvalue weighted by molar-refractivity contribution is 5.87. The number of hydrogen-bond donors (Lipinski definition) is 3. The van der Waals surface area contributed by atoms with Gasteiger partial charge in [0.05, 0.1) is 7.11 Å². The number of hydrogen-bond acceptors (Lipinski definition) is 6. The largest absolute Gasteiger partial charge is 0.504 e. The zero-order valence-electron chi connectivity index (χ0n) is 11.4. The number of phenolic OH excluding ortho intramolecular Hbond substituents is 1. The van der Waals surface area contributed by atoms with Gasteiger partial charge < -0.3 is 20.3 Å². The Hall–Kier alpha value is -2.05. The topological polar surface area (TPSA) is 108 Å². The van der Waals surface area contributed by atoms with Crippen LogP contribution in [0.15, 0.2) is 24.3 Å². The van der Waals surface area contributed by atoms with E-state index in [4.69, 9.17) is 20.9 Å². The molecule has 0 aliphatic carbocycles. The molecule has 1 atom stereocenters. The molecule has 0 bridgehead atoms. The highest BCUT2D eigenvalue weighted by Gasteiger charge is 2.06. The molecule has 0 radical (unpaired) electrons. The fourth-order valence-electron chi connectivity index (χ4n) is 1.53. The van der Waals surface area contributed by atoms with Crippen LogP contribution in [0, 0.1) is 0 Å². The molecule has 0 fully saturated rings. The summed E-state index contributed by atoms with van der Waals surface area (Å²) in [5, 5.41) is 9.45. The molecule has 1 aromatic rings. The third kappa shape index (κ3) is 5.29. The fraction of sp³-hybridized carbons (Fsp3) is 0.357. The zero-order valence-corrected chi connectivity index (χ0v) is 11.4. The molecule has 0 saturated heterocycles. The van der Waals surface area contributed by atoms with E-state index in [2.05, 4.69) is 0 Å². The molecule has 0 heterocycles. The molecular formula is C14H20N2O4. The second-order valence-electron chi connectivity index (χ2n) is 4.17. The molecule has 20 heavy (non-hydrogen) atoms. The average molecular weight is 280 g/mol. The van der Waals surface area contributed by atoms with E-state index in [-0.39, 0.29) is 5.75 Å². The van der Waals surface area contributed by atoms with Crippen LogP contribution in [0.25, 0.3) is 6.08 Å². The van der Waals surface area contributed by atoms with Gasteiger partial charge >= 0.3 is 5.97 Å². The Labute approximate surface area is 118 Å². The van der Waals surface area contributed by atoms with Gasteiger partial charge in [-0.15, -0.1) is 0 Å². The normalized spacial score (nSPS) is 12.3. The van der Waals surface area contributed by atoms with E-state index in [1.165, 1.54) is 19.3 Å². The van der Waals surface area contributed by atoms with Crippen molar-refractivity contribution in [3.63, 3.8) is 0 Å². The van der Waals surface area contributed by atoms with E-state index < -0.39 is 12.2 Å². The monoisotopic (exact) mass is 280 g/mol. The minimum absolute atomic E-state index is 0.0380. The highest BCUT2D eigenvalue weighted by Crippen LogP contribution is 2.26. The first-order valence-electron chi connectivity index (χ1n) is 6.28. The van der Waals surface area contributed by atoms with Crippen molar-refractivity contribution < 1.29 is 19.4 Å². The molecule has 0 aliphatic rings. The lowest BCUT2D eigenvalue weighted by molar-refractivity contribution is -0.142. The van der Waals surface area contributed by atoms with Crippen molar-refractivity contribution >= 4 is 12.0 Å². The van der Waals surface area contributed by atoms with Crippen LogP contribution >= 0.6 is 0 Å². The van der Waals surface area contributed by atoms with Gasteiger partial charge in [-0.05, 0) is 43.2 Å². The maximum atomic E-state index is 11.5. The van der Waals surface area contributed by atoms with Crippen LogP contribution in [-0.2, 0) is 9.53 Å². The fourth-order valence-corrected chi connectivity index (χ4v) is 1.53. The minimum atomic E-state index is -0.648. The molecule has 0 aliphatic heterocycles. The van der Waals surface area contributed by atoms with Crippen molar-refractivity contribution in [3.05, 3.63) is 29.8 Å². The van der Waals surface area contributed by atoms with Crippen LogP contribution in [0.3, 0.4) is 0 Å². The molecule has 0 aromatic heterocycles. The lowest BCUT2D eigenvalue weighted by atomic mass is 10.2. The first-order chi connectivity index (χ1) is 9.56. The van der Waals surface area contributed by atoms with E-state index in [0.717, 1.165) is 0 Å². The van der Waals surface area contributed by atoms with Gasteiger partial charge in [0.15, 0.2) is 17.7 Å². The highest BCUT2D eigenvalue weighted by atomic mass is 16.6. The van der Waals surface area contributed by atoms with Gasteiger partial charge in [-0.3, -0.25) is 5.73 Å². The summed E-state index contributed by atoms with van der Waals surface area (Å²) in [5.74, 6) is -0.155. The third-order valence-corrected chi connectivity index (χ3v) is 2.58. The number of phenols is 1. The second-order valence-corrected chi connectivity index (χ2v) is 4.17. The summed E-state index contributed by atoms with van der Waals surface area (Å²) in [6.07, 6.45) is 3.41. The molecule has 5 N–H and O–H groups in total. The quantitative estimate of drug-likeness (QED) is 0.390. The molecule has 0 amide bonds. The Bertz CT molecular complexity index is 474. The standard InChI is InChI=1S/C14H20N2O4/c1-19-12-9-10(4-6-11(12)17)5-7-14(18)20-13(16)3-2-8-15/h4-7,9,13,17H,2-3,8,15-16H2,1H3. The zero-order chi connectivity index (χ0) is 15.0. The van der Waals surface area contributed by atoms with Crippen LogP contribution < -0.4 is 16.2 Å². The average Bonchev–Trinajstić information content (AvgIpc) is 2.44. The summed E-state index contributed by atoms with van der Waals surface area (Å²) >= 11 is 0. The Morgan fingerprint density at radius 3 is 2.90 bits per heavy atom. The van der Waals surface area contributed by atoms with E-state index in [9.17, 15) is 9.90 Å². The SMILES string of the molecule is COc1cc(C=CC(=O)OC(N)CCCN)ccc1O. The first kappa shape index (κ1) is 16.0. The number of carbonyl (C=O) groups excluding carboxylic acids is 1. The van der Waals surface area contributed by atoms with Crippen molar-refractivity contribution in [1.82, 2.24) is 0 Å². The van der Waals surface area contributed by atoms with Crippen LogP contribution in [0.1, 0.15) is 18.4 Å². The van der Waals surface area contributed by atoms with Gasteiger partial charge in [-0.2, -0.15) is 0 Å². The van der Waals surface area contributed by atoms with Crippen molar-refractivity contribution in [2.24, 2.45) is 11.5 Å². The molecular weight excluding hydrogens is 260 g/mol. The summed E-state index contributed by atoms with van der Waals surface area (Å²) < 4.78 is 9.94. The number of carbonyl (C=O) groups is 1. The molecule has 1 rings (SSSR count). The summed E-state index contributed by atoms with van der Waals surface area (Å²) in [6.45, 7) is 0.508. The van der Waals surface area contributed by atoms with Crippen LogP contribution in [-0.4, -0.2) is 31.0 Å². The summed E-state index contributed by atoms with van der Waals surface area (Å²) in [7, 11) is 1.45. The molecule has 1 aromatic carbocycles. The summed E-state index contributed by atoms with van der Waals surface area (Å²) in [4.78, 5) is 11.5. The van der Waals surface area contributed by atoms with Gasteiger partial charge in [0.25, 0.3) is 0 Å². The predicted molar refractivity (Wildman–Crippen MR) is 76.0 cm³/mol. The Kier molecular flexibility index (Phi) is 6.55. The Morgan fingerprint density at radius 1 is 1.50 bits per heavy atom. The number of esters is 1. The van der Waals surface area contributed by atoms with Crippen molar-refractivity contribution in [2.75, 3.05) is 13.7 Å². The first-order valence-corrected chi connectivity index (χ1v) is 6.28. The number of rotatable bonds is 7. The second kappa shape index (κ2) is 8.19. The third-order valence-electron chi connectivity index (χ3n) is 2.58. The smallest absolute Gasteiger partial charge is 0.332 e. The number of ether oxygens (including phenoxy) is 2. The van der Waals surface area contributed by atoms with Gasteiger partial charge in [-0.25, -0.2) is 4.79 Å². The summed E-state index contributed by atoms with van der Waals surface area (Å²) in [6, 6.07) is 4.74. The lowest BCUT2D eigenvalue weighted by Gasteiger charge is -2.10. The maximum absolute atomic E-state index is 11.5. The predicted octanol–water partition coefficient (Wildman–Crippen LogP) is 0.981. The van der Waals surface area contributed by atoms with E-state index in [1.54, 1.807) is 18.2 Å². The molecule has 6 nitrogen and oxygen atoms in total. The Balaban J connectivity index is 2.56.